The van der Waals surface area contributed by atoms with E-state index in [0.29, 0.717) is 18.2 Å². The average molecular weight is 503 g/mol. The second kappa shape index (κ2) is 15.9. The second-order valence-electron chi connectivity index (χ2n) is 9.61. The van der Waals surface area contributed by atoms with E-state index < -0.39 is 12.1 Å². The number of benzene rings is 2. The van der Waals surface area contributed by atoms with Crippen molar-refractivity contribution < 1.29 is 14.3 Å². The second-order valence-corrected chi connectivity index (χ2v) is 9.61. The van der Waals surface area contributed by atoms with Crippen LogP contribution in [-0.2, 0) is 16.0 Å². The van der Waals surface area contributed by atoms with Crippen molar-refractivity contribution in [2.45, 2.75) is 91.1 Å². The molecule has 0 amide bonds. The number of unbranched alkanes of at least 4 members (excludes halogenated alkanes) is 7. The molecule has 3 aromatic rings. The predicted molar refractivity (Wildman–Crippen MR) is 151 cm³/mol. The maximum atomic E-state index is 12.4. The third-order valence-corrected chi connectivity index (χ3v) is 6.55. The summed E-state index contributed by atoms with van der Waals surface area (Å²) in [6, 6.07) is 16.8. The summed E-state index contributed by atoms with van der Waals surface area (Å²) in [4.78, 5) is 21.7. The standard InChI is InChI=1S/C32H42N2O3/c1-4-6-8-9-10-12-19-27-20-16-21-29(26-17-13-11-14-18-26)30(27)31-33-23-28(24-34-31)37-32(35)25(3)36-22-15-7-5-2/h11,13-14,16-18,20-21,23-25H,4-10,12,15,19,22H2,1-3H3/t25-/m0/s1. The van der Waals surface area contributed by atoms with E-state index in [0.717, 1.165) is 48.8 Å². The van der Waals surface area contributed by atoms with Crippen LogP contribution in [0.2, 0.25) is 0 Å². The molecule has 3 rings (SSSR count). The molecule has 1 aromatic heterocycles. The first-order chi connectivity index (χ1) is 18.1. The summed E-state index contributed by atoms with van der Waals surface area (Å²) in [7, 11) is 0. The van der Waals surface area contributed by atoms with Gasteiger partial charge in [0.25, 0.3) is 0 Å². The quantitative estimate of drug-likeness (QED) is 0.146. The summed E-state index contributed by atoms with van der Waals surface area (Å²) in [5.74, 6) is 0.540. The predicted octanol–water partition coefficient (Wildman–Crippen LogP) is 8.21. The van der Waals surface area contributed by atoms with Crippen LogP contribution in [0, 0.1) is 0 Å². The number of hydrogen-bond acceptors (Lipinski definition) is 5. The lowest BCUT2D eigenvalue weighted by molar-refractivity contribution is -0.146. The Labute approximate surface area is 222 Å². The van der Waals surface area contributed by atoms with Gasteiger partial charge in [0, 0.05) is 12.2 Å². The molecule has 5 nitrogen and oxygen atoms in total. The number of carbonyl (C=O) groups excluding carboxylic acids is 1. The van der Waals surface area contributed by atoms with E-state index in [1.807, 2.05) is 6.07 Å². The molecule has 37 heavy (non-hydrogen) atoms. The van der Waals surface area contributed by atoms with E-state index in [9.17, 15) is 4.79 Å². The maximum Gasteiger partial charge on any atom is 0.340 e. The minimum Gasteiger partial charge on any atom is -0.421 e. The minimum atomic E-state index is -0.626. The summed E-state index contributed by atoms with van der Waals surface area (Å²) < 4.78 is 11.1. The van der Waals surface area contributed by atoms with Crippen LogP contribution in [0.4, 0.5) is 0 Å². The van der Waals surface area contributed by atoms with Crippen LogP contribution >= 0.6 is 0 Å². The van der Waals surface area contributed by atoms with E-state index in [1.165, 1.54) is 37.7 Å². The number of ether oxygens (including phenoxy) is 2. The van der Waals surface area contributed by atoms with Gasteiger partial charge in [0.1, 0.15) is 0 Å². The molecular weight excluding hydrogens is 460 g/mol. The van der Waals surface area contributed by atoms with Crippen LogP contribution in [0.1, 0.15) is 84.1 Å². The highest BCUT2D eigenvalue weighted by Gasteiger charge is 2.18. The van der Waals surface area contributed by atoms with Crippen LogP contribution in [0.25, 0.3) is 22.5 Å². The molecule has 198 valence electrons. The Morgan fingerprint density at radius 2 is 1.49 bits per heavy atom. The van der Waals surface area contributed by atoms with Gasteiger partial charge in [-0.25, -0.2) is 14.8 Å². The Morgan fingerprint density at radius 1 is 0.811 bits per heavy atom. The average Bonchev–Trinajstić information content (AvgIpc) is 2.93. The zero-order valence-electron chi connectivity index (χ0n) is 22.7. The molecule has 0 saturated carbocycles. The number of hydrogen-bond donors (Lipinski definition) is 0. The first-order valence-electron chi connectivity index (χ1n) is 14.0. The molecule has 0 radical (unpaired) electrons. The maximum absolute atomic E-state index is 12.4. The van der Waals surface area contributed by atoms with Crippen molar-refractivity contribution in [3.8, 4) is 28.3 Å². The summed E-state index contributed by atoms with van der Waals surface area (Å²) in [5.41, 5.74) is 4.54. The van der Waals surface area contributed by atoms with Crippen molar-refractivity contribution in [2.75, 3.05) is 6.61 Å². The van der Waals surface area contributed by atoms with Crippen LogP contribution in [0.5, 0.6) is 5.75 Å². The van der Waals surface area contributed by atoms with Crippen molar-refractivity contribution in [1.29, 1.82) is 0 Å². The van der Waals surface area contributed by atoms with Gasteiger partial charge in [-0.05, 0) is 42.9 Å². The molecule has 0 saturated heterocycles. The first kappa shape index (κ1) is 28.5. The summed E-state index contributed by atoms with van der Waals surface area (Å²) in [5, 5.41) is 0. The first-order valence-corrected chi connectivity index (χ1v) is 14.0. The molecule has 0 fully saturated rings. The van der Waals surface area contributed by atoms with Gasteiger partial charge in [-0.2, -0.15) is 0 Å². The fraction of sp³-hybridized carbons (Fsp3) is 0.469. The number of aromatic nitrogens is 2. The van der Waals surface area contributed by atoms with Crippen molar-refractivity contribution in [1.82, 2.24) is 9.97 Å². The van der Waals surface area contributed by atoms with Crippen LogP contribution in [-0.4, -0.2) is 28.6 Å². The van der Waals surface area contributed by atoms with E-state index in [1.54, 1.807) is 19.3 Å². The van der Waals surface area contributed by atoms with Gasteiger partial charge in [-0.1, -0.05) is 107 Å². The molecule has 0 N–H and O–H groups in total. The van der Waals surface area contributed by atoms with Crippen molar-refractivity contribution >= 4 is 5.97 Å². The van der Waals surface area contributed by atoms with Gasteiger partial charge >= 0.3 is 5.97 Å². The van der Waals surface area contributed by atoms with Gasteiger partial charge in [-0.15, -0.1) is 0 Å². The summed E-state index contributed by atoms with van der Waals surface area (Å²) >= 11 is 0. The van der Waals surface area contributed by atoms with Gasteiger partial charge in [0.15, 0.2) is 17.7 Å². The van der Waals surface area contributed by atoms with Crippen molar-refractivity contribution in [3.63, 3.8) is 0 Å². The van der Waals surface area contributed by atoms with E-state index in [-0.39, 0.29) is 0 Å². The number of esters is 1. The fourth-order valence-corrected chi connectivity index (χ4v) is 4.40. The lowest BCUT2D eigenvalue weighted by atomic mass is 9.92. The molecule has 1 heterocycles. The highest BCUT2D eigenvalue weighted by Crippen LogP contribution is 2.34. The van der Waals surface area contributed by atoms with Crippen LogP contribution < -0.4 is 4.74 Å². The fourth-order valence-electron chi connectivity index (χ4n) is 4.40. The van der Waals surface area contributed by atoms with Crippen molar-refractivity contribution in [3.05, 3.63) is 66.5 Å². The Hall–Kier alpha value is -3.05. The minimum absolute atomic E-state index is 0.326. The van der Waals surface area contributed by atoms with E-state index >= 15 is 0 Å². The highest BCUT2D eigenvalue weighted by atomic mass is 16.6. The SMILES string of the molecule is CCCCCCCCc1cccc(-c2ccccc2)c1-c1ncc(OC(=O)[C@H](C)OCCCCC)cn1. The van der Waals surface area contributed by atoms with Crippen LogP contribution in [0.3, 0.4) is 0 Å². The molecule has 0 unspecified atom stereocenters. The normalized spacial score (nSPS) is 11.9. The summed E-state index contributed by atoms with van der Waals surface area (Å²) in [6.45, 7) is 6.65. The molecule has 0 aliphatic carbocycles. The van der Waals surface area contributed by atoms with Gasteiger partial charge < -0.3 is 9.47 Å². The monoisotopic (exact) mass is 502 g/mol. The molecule has 5 heteroatoms. The van der Waals surface area contributed by atoms with Gasteiger partial charge in [0.2, 0.25) is 0 Å². The third-order valence-electron chi connectivity index (χ3n) is 6.55. The Balaban J connectivity index is 1.76. The smallest absolute Gasteiger partial charge is 0.340 e. The third kappa shape index (κ3) is 9.08. The molecular formula is C32H42N2O3. The van der Waals surface area contributed by atoms with Gasteiger partial charge in [0.05, 0.1) is 12.4 Å². The molecule has 2 aromatic carbocycles. The molecule has 0 aliphatic heterocycles. The molecule has 1 atom stereocenters. The molecule has 0 spiro atoms. The van der Waals surface area contributed by atoms with E-state index in [4.69, 9.17) is 9.47 Å². The largest absolute Gasteiger partial charge is 0.421 e. The lowest BCUT2D eigenvalue weighted by Gasteiger charge is -2.15. The highest BCUT2D eigenvalue weighted by molar-refractivity contribution is 5.83. The lowest BCUT2D eigenvalue weighted by Crippen LogP contribution is -2.26. The number of aryl methyl sites for hydroxylation is 1. The molecule has 0 bridgehead atoms. The number of rotatable bonds is 16. The zero-order chi connectivity index (χ0) is 26.3. The Bertz CT molecular complexity index is 1070. The Kier molecular flexibility index (Phi) is 12.3. The van der Waals surface area contributed by atoms with E-state index in [2.05, 4.69) is 66.3 Å². The topological polar surface area (TPSA) is 61.3 Å². The van der Waals surface area contributed by atoms with Gasteiger partial charge in [-0.3, -0.25) is 0 Å². The van der Waals surface area contributed by atoms with Crippen molar-refractivity contribution in [2.24, 2.45) is 0 Å². The molecule has 0 aliphatic rings. The Morgan fingerprint density at radius 3 is 2.22 bits per heavy atom. The number of carbonyl (C=O) groups is 1. The number of nitrogens with zero attached hydrogens (tertiary/aromatic N) is 2. The van der Waals surface area contributed by atoms with Crippen LogP contribution in [0.15, 0.2) is 60.9 Å². The summed E-state index contributed by atoms with van der Waals surface area (Å²) in [6.07, 6.45) is 14.2. The zero-order valence-corrected chi connectivity index (χ0v) is 22.7.